The van der Waals surface area contributed by atoms with E-state index in [-0.39, 0.29) is 28.0 Å². The van der Waals surface area contributed by atoms with Crippen molar-refractivity contribution in [1.82, 2.24) is 0 Å². The summed E-state index contributed by atoms with van der Waals surface area (Å²) < 4.78 is 0. The molecule has 0 aromatic heterocycles. The number of ketones is 1. The number of carbonyl (C=O) groups is 2. The minimum Gasteiger partial charge on any atom is -0.318 e. The van der Waals surface area contributed by atoms with Crippen molar-refractivity contribution in [2.75, 3.05) is 5.33 Å². The van der Waals surface area contributed by atoms with Crippen molar-refractivity contribution in [2.45, 2.75) is 73.1 Å². The van der Waals surface area contributed by atoms with Gasteiger partial charge in [0.2, 0.25) is 0 Å². The molecule has 0 N–H and O–H groups in total. The monoisotopic (exact) mass is 423 g/mol. The fraction of sp³-hybridized carbons (Fsp3) is 0.857. The van der Waals surface area contributed by atoms with Gasteiger partial charge in [0, 0.05) is 22.6 Å². The molecule has 4 aliphatic carbocycles. The third kappa shape index (κ3) is 1.80. The molecule has 4 nitrogen and oxygen atoms in total. The van der Waals surface area contributed by atoms with Crippen LogP contribution in [0, 0.1) is 33.0 Å². The lowest BCUT2D eigenvalue weighted by Gasteiger charge is -2.38. The van der Waals surface area contributed by atoms with E-state index in [2.05, 4.69) is 48.8 Å². The number of alkyl halides is 1. The van der Waals surface area contributed by atoms with Gasteiger partial charge in [0.25, 0.3) is 0 Å². The molecule has 4 aliphatic rings. The predicted molar refractivity (Wildman–Crippen MR) is 104 cm³/mol. The molecule has 0 aliphatic heterocycles. The minimum absolute atomic E-state index is 0.00961. The minimum atomic E-state index is -0.708. The van der Waals surface area contributed by atoms with E-state index in [4.69, 9.17) is 4.84 Å². The molecule has 0 saturated heterocycles. The van der Waals surface area contributed by atoms with E-state index in [1.807, 2.05) is 6.92 Å². The molecular formula is C21H30BrNO3. The Bertz CT molecular complexity index is 731. The van der Waals surface area contributed by atoms with Crippen molar-refractivity contribution >= 4 is 33.4 Å². The van der Waals surface area contributed by atoms with Gasteiger partial charge < -0.3 is 4.84 Å². The molecule has 0 amide bonds. The Balaban J connectivity index is 1.60. The second-order valence-electron chi connectivity index (χ2n) is 10.4. The van der Waals surface area contributed by atoms with Gasteiger partial charge >= 0.3 is 5.97 Å². The fourth-order valence-corrected chi connectivity index (χ4v) is 7.74. The fourth-order valence-electron chi connectivity index (χ4n) is 6.67. The quantitative estimate of drug-likeness (QED) is 0.368. The van der Waals surface area contributed by atoms with E-state index in [9.17, 15) is 9.59 Å². The lowest BCUT2D eigenvalue weighted by atomic mass is 9.65. The van der Waals surface area contributed by atoms with Crippen LogP contribution in [0.2, 0.25) is 0 Å². The zero-order valence-electron chi connectivity index (χ0n) is 16.6. The maximum absolute atomic E-state index is 13.1. The Hall–Kier alpha value is -0.710. The molecule has 5 unspecified atom stereocenters. The third-order valence-corrected chi connectivity index (χ3v) is 11.0. The first kappa shape index (κ1) is 18.6. The van der Waals surface area contributed by atoms with Crippen molar-refractivity contribution in [3.8, 4) is 0 Å². The average Bonchev–Trinajstić information content (AvgIpc) is 3.11. The first-order valence-corrected chi connectivity index (χ1v) is 11.0. The lowest BCUT2D eigenvalue weighted by Crippen LogP contribution is -2.41. The van der Waals surface area contributed by atoms with Crippen LogP contribution < -0.4 is 0 Å². The van der Waals surface area contributed by atoms with Crippen LogP contribution in [0.15, 0.2) is 5.16 Å². The van der Waals surface area contributed by atoms with Crippen LogP contribution in [0.3, 0.4) is 0 Å². The Labute approximate surface area is 164 Å². The van der Waals surface area contributed by atoms with Gasteiger partial charge in [-0.1, -0.05) is 55.7 Å². The molecule has 0 heterocycles. The van der Waals surface area contributed by atoms with Crippen LogP contribution in [-0.4, -0.2) is 22.8 Å². The number of rotatable bonds is 3. The van der Waals surface area contributed by atoms with Gasteiger partial charge in [-0.15, -0.1) is 0 Å². The Morgan fingerprint density at radius 3 is 2.35 bits per heavy atom. The second-order valence-corrected chi connectivity index (χ2v) is 10.9. The summed E-state index contributed by atoms with van der Waals surface area (Å²) in [6, 6.07) is 0. The summed E-state index contributed by atoms with van der Waals surface area (Å²) >= 11 is 3.70. The molecule has 0 spiro atoms. The van der Waals surface area contributed by atoms with Crippen LogP contribution in [0.4, 0.5) is 0 Å². The van der Waals surface area contributed by atoms with E-state index in [1.165, 1.54) is 6.42 Å². The topological polar surface area (TPSA) is 55.7 Å². The summed E-state index contributed by atoms with van der Waals surface area (Å²) in [4.78, 5) is 31.3. The van der Waals surface area contributed by atoms with Gasteiger partial charge in [-0.3, -0.25) is 4.79 Å². The molecule has 144 valence electrons. The number of Topliss-reactive ketones (excluding diaryl/α,β-unsaturated/α-hetero) is 1. The van der Waals surface area contributed by atoms with E-state index in [0.29, 0.717) is 12.3 Å². The van der Waals surface area contributed by atoms with Gasteiger partial charge in [0.1, 0.15) is 5.78 Å². The van der Waals surface area contributed by atoms with Crippen molar-refractivity contribution < 1.29 is 14.4 Å². The summed E-state index contributed by atoms with van der Waals surface area (Å²) in [5, 5.41) is 5.37. The number of oxime groups is 1. The standard InChI is InChI=1S/C21H30BrNO3/c1-17(2)19(4)8-9-21(17,11-15(19)24)16(25)26-23-14-10-13-6-7-18(14,3)20(13,5)12-22/h13H,6-12H2,1-5H3. The van der Waals surface area contributed by atoms with Crippen LogP contribution in [0.5, 0.6) is 0 Å². The van der Waals surface area contributed by atoms with Crippen molar-refractivity contribution in [3.05, 3.63) is 0 Å². The highest BCUT2D eigenvalue weighted by atomic mass is 79.9. The Morgan fingerprint density at radius 2 is 1.85 bits per heavy atom. The molecule has 4 fully saturated rings. The van der Waals surface area contributed by atoms with Gasteiger partial charge in [-0.05, 0) is 48.9 Å². The lowest BCUT2D eigenvalue weighted by molar-refractivity contribution is -0.162. The highest BCUT2D eigenvalue weighted by Gasteiger charge is 2.73. The molecule has 4 saturated carbocycles. The first-order chi connectivity index (χ1) is 12.0. The SMILES string of the molecule is CC12CCC(CC1=NOC(=O)C13CCC(C)(C(=O)C1)C3(C)C)C2(C)CBr. The zero-order valence-corrected chi connectivity index (χ0v) is 18.2. The Kier molecular flexibility index (Phi) is 3.74. The van der Waals surface area contributed by atoms with E-state index >= 15 is 0 Å². The van der Waals surface area contributed by atoms with Gasteiger partial charge in [0.15, 0.2) is 0 Å². The van der Waals surface area contributed by atoms with Crippen LogP contribution >= 0.6 is 15.9 Å². The number of fused-ring (bicyclic) bond motifs is 4. The highest BCUT2D eigenvalue weighted by Crippen LogP contribution is 2.71. The number of hydrogen-bond acceptors (Lipinski definition) is 4. The summed E-state index contributed by atoms with van der Waals surface area (Å²) in [6.07, 6.45) is 5.04. The average molecular weight is 424 g/mol. The molecule has 0 radical (unpaired) electrons. The second kappa shape index (κ2) is 5.21. The number of carbonyl (C=O) groups excluding carboxylic acids is 2. The van der Waals surface area contributed by atoms with E-state index < -0.39 is 10.8 Å². The third-order valence-electron chi connectivity index (χ3n) is 9.84. The van der Waals surface area contributed by atoms with Gasteiger partial charge in [-0.25, -0.2) is 4.79 Å². The maximum Gasteiger partial charge on any atom is 0.342 e. The zero-order chi connectivity index (χ0) is 19.2. The van der Waals surface area contributed by atoms with Crippen LogP contribution in [-0.2, 0) is 14.4 Å². The summed E-state index contributed by atoms with van der Waals surface area (Å²) in [7, 11) is 0. The molecule has 4 bridgehead atoms. The van der Waals surface area contributed by atoms with Gasteiger partial charge in [-0.2, -0.15) is 0 Å². The largest absolute Gasteiger partial charge is 0.342 e. The molecule has 4 rings (SSSR count). The molecule has 26 heavy (non-hydrogen) atoms. The Morgan fingerprint density at radius 1 is 1.15 bits per heavy atom. The summed E-state index contributed by atoms with van der Waals surface area (Å²) in [5.41, 5.74) is -0.304. The van der Waals surface area contributed by atoms with Crippen LogP contribution in [0.25, 0.3) is 0 Å². The van der Waals surface area contributed by atoms with Gasteiger partial charge in [0.05, 0.1) is 11.1 Å². The summed E-state index contributed by atoms with van der Waals surface area (Å²) in [5.74, 6) is 0.510. The van der Waals surface area contributed by atoms with E-state index in [0.717, 1.165) is 36.7 Å². The summed E-state index contributed by atoms with van der Waals surface area (Å²) in [6.45, 7) is 10.7. The first-order valence-electron chi connectivity index (χ1n) is 9.87. The van der Waals surface area contributed by atoms with Crippen molar-refractivity contribution in [3.63, 3.8) is 0 Å². The van der Waals surface area contributed by atoms with Crippen molar-refractivity contribution in [1.29, 1.82) is 0 Å². The number of halogens is 1. The smallest absolute Gasteiger partial charge is 0.318 e. The predicted octanol–water partition coefficient (Wildman–Crippen LogP) is 4.89. The molecular weight excluding hydrogens is 394 g/mol. The molecule has 0 aromatic rings. The van der Waals surface area contributed by atoms with Crippen LogP contribution in [0.1, 0.15) is 73.1 Å². The number of hydrogen-bond donors (Lipinski definition) is 0. The molecule has 5 heteroatoms. The molecule has 5 atom stereocenters. The maximum atomic E-state index is 13.1. The molecule has 0 aromatic carbocycles. The highest BCUT2D eigenvalue weighted by molar-refractivity contribution is 9.09. The normalized spacial score (nSPS) is 50.0. The van der Waals surface area contributed by atoms with E-state index in [1.54, 1.807) is 0 Å². The number of nitrogens with zero attached hydrogens (tertiary/aromatic N) is 1. The van der Waals surface area contributed by atoms with Crippen molar-refractivity contribution in [2.24, 2.45) is 38.1 Å².